The lowest BCUT2D eigenvalue weighted by atomic mass is 10.1. The average Bonchev–Trinajstić information content (AvgIpc) is 2.72. The molecule has 7 heteroatoms. The average molecular weight is 438 g/mol. The molecule has 2 heterocycles. The first kappa shape index (κ1) is 23.0. The van der Waals surface area contributed by atoms with E-state index >= 15 is 0 Å². The molecule has 0 saturated carbocycles. The molecular weight excluding hydrogens is 406 g/mol. The maximum Gasteiger partial charge on any atom is 0.255 e. The van der Waals surface area contributed by atoms with Crippen molar-refractivity contribution in [2.45, 2.75) is 32.6 Å². The molecule has 0 aliphatic carbocycles. The summed E-state index contributed by atoms with van der Waals surface area (Å²) in [4.78, 5) is 26.2. The predicted molar refractivity (Wildman–Crippen MR) is 130 cm³/mol. The highest BCUT2D eigenvalue weighted by molar-refractivity contribution is 7.98. The number of aromatic amines is 1. The monoisotopic (exact) mass is 437 g/mol. The minimum absolute atomic E-state index is 0.110. The summed E-state index contributed by atoms with van der Waals surface area (Å²) in [6, 6.07) is 10.8. The van der Waals surface area contributed by atoms with Crippen molar-refractivity contribution in [2.24, 2.45) is 0 Å². The summed E-state index contributed by atoms with van der Waals surface area (Å²) in [7, 11) is 4.16. The Hall–Kier alpha value is -2.64. The summed E-state index contributed by atoms with van der Waals surface area (Å²) in [5, 5.41) is 3.21. The van der Waals surface area contributed by atoms with Crippen LogP contribution in [0.3, 0.4) is 0 Å². The molecule has 0 unspecified atom stereocenters. The molecular formula is C24H31N5OS. The number of nitrogens with zero attached hydrogens (tertiary/aromatic N) is 3. The largest absolute Gasteiger partial charge is 0.355 e. The first-order valence-corrected chi connectivity index (χ1v) is 11.6. The first-order valence-electron chi connectivity index (χ1n) is 10.4. The van der Waals surface area contributed by atoms with Crippen LogP contribution in [0.2, 0.25) is 0 Å². The lowest BCUT2D eigenvalue weighted by Crippen LogP contribution is -2.18. The van der Waals surface area contributed by atoms with Crippen molar-refractivity contribution >= 4 is 17.7 Å². The zero-order chi connectivity index (χ0) is 22.2. The molecule has 2 N–H and O–H groups in total. The van der Waals surface area contributed by atoms with E-state index < -0.39 is 0 Å². The molecule has 2 aromatic heterocycles. The molecule has 0 aliphatic heterocycles. The minimum atomic E-state index is -0.110. The number of aryl methyl sites for hydroxylation is 2. The van der Waals surface area contributed by atoms with E-state index in [1.54, 1.807) is 6.20 Å². The summed E-state index contributed by atoms with van der Waals surface area (Å²) in [6.45, 7) is 5.70. The van der Waals surface area contributed by atoms with Crippen molar-refractivity contribution < 1.29 is 0 Å². The van der Waals surface area contributed by atoms with Crippen molar-refractivity contribution in [3.63, 3.8) is 0 Å². The van der Waals surface area contributed by atoms with Gasteiger partial charge in [0.15, 0.2) is 0 Å². The second-order valence-electron chi connectivity index (χ2n) is 8.05. The number of pyridine rings is 1. The number of rotatable bonds is 10. The van der Waals surface area contributed by atoms with Crippen molar-refractivity contribution in [3.8, 4) is 0 Å². The van der Waals surface area contributed by atoms with Gasteiger partial charge in [0.1, 0.15) is 0 Å². The molecule has 0 fully saturated rings. The Kier molecular flexibility index (Phi) is 8.26. The highest BCUT2D eigenvalue weighted by Crippen LogP contribution is 2.15. The molecule has 3 rings (SSSR count). The van der Waals surface area contributed by atoms with Gasteiger partial charge in [0.2, 0.25) is 5.95 Å². The zero-order valence-corrected chi connectivity index (χ0v) is 19.6. The van der Waals surface area contributed by atoms with Crippen LogP contribution in [0.15, 0.2) is 47.5 Å². The summed E-state index contributed by atoms with van der Waals surface area (Å²) in [5.74, 6) is 2.41. The molecule has 0 amide bonds. The number of H-pyrrole nitrogens is 1. The molecule has 6 nitrogen and oxygen atoms in total. The van der Waals surface area contributed by atoms with Gasteiger partial charge in [-0.15, -0.1) is 0 Å². The van der Waals surface area contributed by atoms with Crippen molar-refractivity contribution in [1.82, 2.24) is 19.9 Å². The summed E-state index contributed by atoms with van der Waals surface area (Å²) < 4.78 is 0. The summed E-state index contributed by atoms with van der Waals surface area (Å²) in [5.41, 5.74) is 6.35. The maximum atomic E-state index is 12.4. The maximum absolute atomic E-state index is 12.4. The van der Waals surface area contributed by atoms with Crippen LogP contribution < -0.4 is 10.9 Å². The Bertz CT molecular complexity index is 1060. The number of nitrogens with one attached hydrogen (secondary N) is 2. The molecule has 164 valence electrons. The van der Waals surface area contributed by atoms with Gasteiger partial charge in [-0.25, -0.2) is 4.98 Å². The SMILES string of the molecule is Cc1cc(Cc2cnc(NCCSCc3cccc(CN(C)C)c3)[nH]c2=O)cnc1C. The third-order valence-electron chi connectivity index (χ3n) is 4.96. The fourth-order valence-corrected chi connectivity index (χ4v) is 4.08. The van der Waals surface area contributed by atoms with E-state index in [1.165, 1.54) is 11.1 Å². The summed E-state index contributed by atoms with van der Waals surface area (Å²) in [6.07, 6.45) is 4.00. The molecule has 3 aromatic rings. The van der Waals surface area contributed by atoms with Crippen LogP contribution in [-0.4, -0.2) is 46.2 Å². The Labute approximate surface area is 188 Å². The zero-order valence-electron chi connectivity index (χ0n) is 18.7. The molecule has 1 aromatic carbocycles. The fraction of sp³-hybridized carbons (Fsp3) is 0.375. The van der Waals surface area contributed by atoms with Crippen LogP contribution in [0.25, 0.3) is 0 Å². The highest BCUT2D eigenvalue weighted by atomic mass is 32.2. The van der Waals surface area contributed by atoms with Gasteiger partial charge in [-0.2, -0.15) is 11.8 Å². The number of hydrogen-bond donors (Lipinski definition) is 2. The first-order chi connectivity index (χ1) is 14.9. The minimum Gasteiger partial charge on any atom is -0.355 e. The van der Waals surface area contributed by atoms with Crippen LogP contribution >= 0.6 is 11.8 Å². The van der Waals surface area contributed by atoms with Crippen molar-refractivity contribution in [3.05, 3.63) is 86.6 Å². The standard InChI is InChI=1S/C24H31N5OS/c1-17-10-21(13-26-18(17)2)12-22-14-27-24(28-23(22)30)25-8-9-31-16-20-7-5-6-19(11-20)15-29(3)4/h5-7,10-11,13-14H,8-9,12,15-16H2,1-4H3,(H2,25,27,28,30). The van der Waals surface area contributed by atoms with Crippen LogP contribution in [0.5, 0.6) is 0 Å². The smallest absolute Gasteiger partial charge is 0.255 e. The van der Waals surface area contributed by atoms with Crippen LogP contribution in [0.1, 0.15) is 33.5 Å². The van der Waals surface area contributed by atoms with Crippen molar-refractivity contribution in [1.29, 1.82) is 0 Å². The third-order valence-corrected chi connectivity index (χ3v) is 5.99. The van der Waals surface area contributed by atoms with Crippen molar-refractivity contribution in [2.75, 3.05) is 31.7 Å². The Balaban J connectivity index is 1.45. The van der Waals surface area contributed by atoms with Crippen LogP contribution in [-0.2, 0) is 18.7 Å². The van der Waals surface area contributed by atoms with Gasteiger partial charge in [0.05, 0.1) is 0 Å². The lowest BCUT2D eigenvalue weighted by Gasteiger charge is -2.11. The third kappa shape index (κ3) is 7.22. The van der Waals surface area contributed by atoms with Gasteiger partial charge in [0.25, 0.3) is 5.56 Å². The molecule has 31 heavy (non-hydrogen) atoms. The van der Waals surface area contributed by atoms with Gasteiger partial charge in [-0.05, 0) is 50.2 Å². The lowest BCUT2D eigenvalue weighted by molar-refractivity contribution is 0.402. The van der Waals surface area contributed by atoms with Crippen LogP contribution in [0, 0.1) is 13.8 Å². The van der Waals surface area contributed by atoms with Gasteiger partial charge < -0.3 is 10.2 Å². The molecule has 0 radical (unpaired) electrons. The molecule has 0 bridgehead atoms. The number of thioether (sulfide) groups is 1. The highest BCUT2D eigenvalue weighted by Gasteiger charge is 2.06. The quantitative estimate of drug-likeness (QED) is 0.470. The second-order valence-corrected chi connectivity index (χ2v) is 9.15. The van der Waals surface area contributed by atoms with E-state index in [4.69, 9.17) is 0 Å². The number of aromatic nitrogens is 3. The van der Waals surface area contributed by atoms with Gasteiger partial charge in [-0.1, -0.05) is 30.3 Å². The molecule has 0 aliphatic rings. The normalized spacial score (nSPS) is 11.1. The Morgan fingerprint density at radius 2 is 1.87 bits per heavy atom. The van der Waals surface area contributed by atoms with Gasteiger partial charge in [0, 0.05) is 54.7 Å². The molecule has 0 spiro atoms. The summed E-state index contributed by atoms with van der Waals surface area (Å²) >= 11 is 1.86. The Morgan fingerprint density at radius 3 is 2.61 bits per heavy atom. The number of benzene rings is 1. The van der Waals surface area contributed by atoms with E-state index in [2.05, 4.69) is 69.6 Å². The van der Waals surface area contributed by atoms with E-state index in [9.17, 15) is 4.79 Å². The van der Waals surface area contributed by atoms with E-state index in [0.717, 1.165) is 41.4 Å². The second kappa shape index (κ2) is 11.1. The number of anilines is 1. The van der Waals surface area contributed by atoms with E-state index in [1.807, 2.05) is 31.8 Å². The topological polar surface area (TPSA) is 73.9 Å². The van der Waals surface area contributed by atoms with E-state index in [-0.39, 0.29) is 5.56 Å². The molecule has 0 saturated heterocycles. The van der Waals surface area contributed by atoms with Gasteiger partial charge >= 0.3 is 0 Å². The van der Waals surface area contributed by atoms with Crippen LogP contribution in [0.4, 0.5) is 5.95 Å². The molecule has 0 atom stereocenters. The van der Waals surface area contributed by atoms with E-state index in [0.29, 0.717) is 17.9 Å². The Morgan fingerprint density at radius 1 is 1.06 bits per heavy atom. The number of hydrogen-bond acceptors (Lipinski definition) is 6. The fourth-order valence-electron chi connectivity index (χ4n) is 3.27. The van der Waals surface area contributed by atoms with Gasteiger partial charge in [-0.3, -0.25) is 14.8 Å². The predicted octanol–water partition coefficient (Wildman–Crippen LogP) is 3.78.